The van der Waals surface area contributed by atoms with Gasteiger partial charge in [0.15, 0.2) is 0 Å². The molecule has 1 aliphatic carbocycles. The molecule has 0 saturated heterocycles. The molecule has 31 heavy (non-hydrogen) atoms. The lowest BCUT2D eigenvalue weighted by Crippen LogP contribution is -2.27. The fourth-order valence-electron chi connectivity index (χ4n) is 3.84. The highest BCUT2D eigenvalue weighted by atomic mass is 35.5. The number of hydrogen-bond acceptors (Lipinski definition) is 6. The van der Waals surface area contributed by atoms with Crippen molar-refractivity contribution in [3.05, 3.63) is 75.5 Å². The van der Waals surface area contributed by atoms with Gasteiger partial charge in [-0.1, -0.05) is 17.7 Å². The molecule has 3 N–H and O–H groups in total. The summed E-state index contributed by atoms with van der Waals surface area (Å²) in [6.45, 7) is -0.351. The summed E-state index contributed by atoms with van der Waals surface area (Å²) in [6.07, 6.45) is 5.13. The van der Waals surface area contributed by atoms with E-state index in [1.807, 2.05) is 0 Å². The van der Waals surface area contributed by atoms with Crippen LogP contribution in [0.1, 0.15) is 30.9 Å². The minimum atomic E-state index is -0.698. The summed E-state index contributed by atoms with van der Waals surface area (Å²) in [7, 11) is 0. The van der Waals surface area contributed by atoms with Crippen molar-refractivity contribution in [1.29, 1.82) is 0 Å². The molecule has 3 aromatic rings. The Morgan fingerprint density at radius 1 is 1.26 bits per heavy atom. The van der Waals surface area contributed by atoms with Gasteiger partial charge in [-0.15, -0.1) is 0 Å². The van der Waals surface area contributed by atoms with Crippen LogP contribution in [0.4, 0.5) is 10.3 Å². The average Bonchev–Trinajstić information content (AvgIpc) is 3.17. The van der Waals surface area contributed by atoms with E-state index in [1.54, 1.807) is 24.5 Å². The molecule has 2 aromatic heterocycles. The number of halogens is 2. The van der Waals surface area contributed by atoms with Gasteiger partial charge in [0, 0.05) is 30.1 Å². The third-order valence-corrected chi connectivity index (χ3v) is 5.76. The average molecular weight is 445 g/mol. The molecular weight excluding hydrogens is 423 g/mol. The molecule has 1 unspecified atom stereocenters. The first-order valence-corrected chi connectivity index (χ1v) is 10.4. The number of anilines is 1. The lowest BCUT2D eigenvalue weighted by Gasteiger charge is -2.19. The molecule has 1 aliphatic rings. The van der Waals surface area contributed by atoms with Crippen LogP contribution in [-0.2, 0) is 0 Å². The van der Waals surface area contributed by atoms with E-state index in [2.05, 4.69) is 15.3 Å². The van der Waals surface area contributed by atoms with Crippen LogP contribution < -0.4 is 10.9 Å². The number of aromatic nitrogens is 3. The van der Waals surface area contributed by atoms with E-state index in [-0.39, 0.29) is 29.3 Å². The first kappa shape index (κ1) is 21.4. The Balaban J connectivity index is 1.59. The van der Waals surface area contributed by atoms with E-state index in [9.17, 15) is 19.4 Å². The summed E-state index contributed by atoms with van der Waals surface area (Å²) < 4.78 is 14.8. The maximum atomic E-state index is 13.5. The summed E-state index contributed by atoms with van der Waals surface area (Å²) >= 11 is 5.85. The van der Waals surface area contributed by atoms with Crippen molar-refractivity contribution < 1.29 is 14.6 Å². The predicted molar refractivity (Wildman–Crippen MR) is 116 cm³/mol. The fourth-order valence-corrected chi connectivity index (χ4v) is 4.03. The molecule has 1 aromatic carbocycles. The van der Waals surface area contributed by atoms with Crippen molar-refractivity contribution in [2.45, 2.75) is 37.5 Å². The Kier molecular flexibility index (Phi) is 6.31. The molecule has 1 saturated carbocycles. The Hall–Kier alpha value is -2.81. The maximum Gasteiger partial charge on any atom is 0.251 e. The number of nitrogens with one attached hydrogen (secondary N) is 1. The van der Waals surface area contributed by atoms with Crippen molar-refractivity contribution in [2.75, 3.05) is 11.9 Å². The van der Waals surface area contributed by atoms with Gasteiger partial charge >= 0.3 is 0 Å². The second-order valence-corrected chi connectivity index (χ2v) is 8.01. The van der Waals surface area contributed by atoms with E-state index in [1.165, 1.54) is 28.8 Å². The molecule has 0 radical (unpaired) electrons. The molecule has 4 rings (SSSR count). The summed E-state index contributed by atoms with van der Waals surface area (Å²) in [5.41, 5.74) is 1.36. The van der Waals surface area contributed by atoms with Crippen LogP contribution >= 0.6 is 11.6 Å². The molecule has 3 atom stereocenters. The number of pyridine rings is 1. The van der Waals surface area contributed by atoms with Crippen LogP contribution in [0.5, 0.6) is 0 Å². The first-order chi connectivity index (χ1) is 14.9. The summed E-state index contributed by atoms with van der Waals surface area (Å²) in [4.78, 5) is 21.5. The second-order valence-electron chi connectivity index (χ2n) is 7.61. The Morgan fingerprint density at radius 3 is 2.77 bits per heavy atom. The SMILES string of the molecule is O=c1cc(-c2ccnc(N[C@H]3CC[C@H](O)C3)n2)ccn1C(CO)c1ccc(F)c(Cl)c1. The third kappa shape index (κ3) is 4.76. The number of aliphatic hydroxyl groups is 2. The summed E-state index contributed by atoms with van der Waals surface area (Å²) in [5, 5.41) is 22.7. The van der Waals surface area contributed by atoms with Gasteiger partial charge in [0.25, 0.3) is 5.56 Å². The van der Waals surface area contributed by atoms with Crippen molar-refractivity contribution in [3.8, 4) is 11.3 Å². The van der Waals surface area contributed by atoms with Gasteiger partial charge in [-0.2, -0.15) is 0 Å². The molecule has 9 heteroatoms. The van der Waals surface area contributed by atoms with Crippen LogP contribution in [0.15, 0.2) is 53.6 Å². The van der Waals surface area contributed by atoms with E-state index in [0.717, 1.165) is 12.8 Å². The molecule has 0 spiro atoms. The maximum absolute atomic E-state index is 13.5. The van der Waals surface area contributed by atoms with Crippen LogP contribution in [0.3, 0.4) is 0 Å². The minimum Gasteiger partial charge on any atom is -0.394 e. The first-order valence-electron chi connectivity index (χ1n) is 10.0. The smallest absolute Gasteiger partial charge is 0.251 e. The molecule has 0 bridgehead atoms. The van der Waals surface area contributed by atoms with Gasteiger partial charge in [0.05, 0.1) is 29.5 Å². The van der Waals surface area contributed by atoms with E-state index < -0.39 is 11.9 Å². The minimum absolute atomic E-state index is 0.0728. The van der Waals surface area contributed by atoms with Gasteiger partial charge in [-0.3, -0.25) is 4.79 Å². The Morgan fingerprint density at radius 2 is 2.10 bits per heavy atom. The fraction of sp³-hybridized carbons (Fsp3) is 0.318. The molecule has 1 fully saturated rings. The van der Waals surface area contributed by atoms with Gasteiger partial charge in [-0.05, 0) is 49.1 Å². The number of benzene rings is 1. The van der Waals surface area contributed by atoms with Crippen LogP contribution in [0.2, 0.25) is 5.02 Å². The van der Waals surface area contributed by atoms with Gasteiger partial charge in [-0.25, -0.2) is 14.4 Å². The summed E-state index contributed by atoms with van der Waals surface area (Å²) in [6, 6.07) is 8.38. The lowest BCUT2D eigenvalue weighted by atomic mass is 10.1. The number of aliphatic hydroxyl groups excluding tert-OH is 2. The zero-order chi connectivity index (χ0) is 22.0. The number of rotatable bonds is 6. The Labute approximate surface area is 183 Å². The van der Waals surface area contributed by atoms with Gasteiger partial charge < -0.3 is 20.1 Å². The highest BCUT2D eigenvalue weighted by Gasteiger charge is 2.23. The molecular formula is C22H22ClFN4O3. The monoisotopic (exact) mass is 444 g/mol. The zero-order valence-electron chi connectivity index (χ0n) is 16.6. The van der Waals surface area contributed by atoms with Crippen molar-refractivity contribution in [3.63, 3.8) is 0 Å². The standard InChI is InChI=1S/C22H22ClFN4O3/c23-17-9-14(1-4-18(17)24)20(12-29)28-8-6-13(10-21(28)31)19-5-7-25-22(27-19)26-15-2-3-16(30)11-15/h1,4-10,15-16,20,29-30H,2-3,11-12H2,(H,25,26,27)/t15-,16-,20?/m0/s1. The highest BCUT2D eigenvalue weighted by molar-refractivity contribution is 6.30. The van der Waals surface area contributed by atoms with Crippen LogP contribution in [0.25, 0.3) is 11.3 Å². The van der Waals surface area contributed by atoms with Crippen LogP contribution in [-0.4, -0.2) is 43.5 Å². The largest absolute Gasteiger partial charge is 0.394 e. The van der Waals surface area contributed by atoms with E-state index in [4.69, 9.17) is 11.6 Å². The predicted octanol–water partition coefficient (Wildman–Crippen LogP) is 3.00. The van der Waals surface area contributed by atoms with Gasteiger partial charge in [0.2, 0.25) is 5.95 Å². The molecule has 0 amide bonds. The quantitative estimate of drug-likeness (QED) is 0.540. The molecule has 0 aliphatic heterocycles. The lowest BCUT2D eigenvalue weighted by molar-refractivity contribution is 0.182. The molecule has 162 valence electrons. The molecule has 7 nitrogen and oxygen atoms in total. The van der Waals surface area contributed by atoms with E-state index >= 15 is 0 Å². The Bertz CT molecular complexity index is 1140. The number of nitrogens with zero attached hydrogens (tertiary/aromatic N) is 3. The van der Waals surface area contributed by atoms with E-state index in [0.29, 0.717) is 29.2 Å². The summed E-state index contributed by atoms with van der Waals surface area (Å²) in [5.74, 6) is -0.125. The second kappa shape index (κ2) is 9.13. The number of hydrogen-bond donors (Lipinski definition) is 3. The molecule has 2 heterocycles. The van der Waals surface area contributed by atoms with Gasteiger partial charge in [0.1, 0.15) is 5.82 Å². The topological polar surface area (TPSA) is 100 Å². The van der Waals surface area contributed by atoms with Crippen molar-refractivity contribution >= 4 is 17.5 Å². The van der Waals surface area contributed by atoms with Crippen molar-refractivity contribution in [2.24, 2.45) is 0 Å². The highest BCUT2D eigenvalue weighted by Crippen LogP contribution is 2.25. The zero-order valence-corrected chi connectivity index (χ0v) is 17.3. The normalized spacial score (nSPS) is 19.4. The van der Waals surface area contributed by atoms with Crippen molar-refractivity contribution in [1.82, 2.24) is 14.5 Å². The third-order valence-electron chi connectivity index (χ3n) is 5.47. The van der Waals surface area contributed by atoms with Crippen LogP contribution in [0, 0.1) is 5.82 Å².